The van der Waals surface area contributed by atoms with Gasteiger partial charge in [0.15, 0.2) is 0 Å². The summed E-state index contributed by atoms with van der Waals surface area (Å²) < 4.78 is 12.8. The SMILES string of the molecule is NC(=O)c1c(NC(=O)Nc2ccc(F)cc2)sc2c1CCC2. The molecule has 0 atom stereocenters. The van der Waals surface area contributed by atoms with E-state index in [0.717, 1.165) is 29.7 Å². The van der Waals surface area contributed by atoms with Crippen molar-refractivity contribution in [2.45, 2.75) is 19.3 Å². The third kappa shape index (κ3) is 2.80. The number of carbonyl (C=O) groups excluding carboxylic acids is 2. The first-order valence-electron chi connectivity index (χ1n) is 6.82. The Balaban J connectivity index is 1.77. The van der Waals surface area contributed by atoms with Crippen LogP contribution in [0.15, 0.2) is 24.3 Å². The molecule has 1 aromatic carbocycles. The average Bonchev–Trinajstić information content (AvgIpc) is 3.01. The minimum Gasteiger partial charge on any atom is -0.365 e. The van der Waals surface area contributed by atoms with Gasteiger partial charge >= 0.3 is 6.03 Å². The summed E-state index contributed by atoms with van der Waals surface area (Å²) in [4.78, 5) is 24.7. The summed E-state index contributed by atoms with van der Waals surface area (Å²) in [5, 5.41) is 5.71. The Labute approximate surface area is 130 Å². The molecule has 3 amide bonds. The Bertz CT molecular complexity index is 740. The van der Waals surface area contributed by atoms with Crippen LogP contribution in [0, 0.1) is 5.82 Å². The van der Waals surface area contributed by atoms with Gasteiger partial charge in [-0.15, -0.1) is 11.3 Å². The number of amides is 3. The number of primary amides is 1. The maximum Gasteiger partial charge on any atom is 0.324 e. The Morgan fingerprint density at radius 1 is 1.14 bits per heavy atom. The predicted octanol–water partition coefficient (Wildman–Crippen LogP) is 3.12. The summed E-state index contributed by atoms with van der Waals surface area (Å²) in [7, 11) is 0. The summed E-state index contributed by atoms with van der Waals surface area (Å²) in [5.41, 5.74) is 7.26. The molecule has 0 spiro atoms. The van der Waals surface area contributed by atoms with Crippen LogP contribution >= 0.6 is 11.3 Å². The Kier molecular flexibility index (Phi) is 3.81. The van der Waals surface area contributed by atoms with Crippen molar-refractivity contribution in [2.75, 3.05) is 10.6 Å². The van der Waals surface area contributed by atoms with Gasteiger partial charge in [-0.2, -0.15) is 0 Å². The number of rotatable bonds is 3. The maximum atomic E-state index is 12.8. The zero-order valence-electron chi connectivity index (χ0n) is 11.6. The van der Waals surface area contributed by atoms with Crippen molar-refractivity contribution in [3.8, 4) is 0 Å². The highest BCUT2D eigenvalue weighted by molar-refractivity contribution is 7.17. The van der Waals surface area contributed by atoms with Crippen LogP contribution in [-0.2, 0) is 12.8 Å². The lowest BCUT2D eigenvalue weighted by Gasteiger charge is -2.08. The molecule has 1 heterocycles. The minimum absolute atomic E-state index is 0.378. The smallest absolute Gasteiger partial charge is 0.324 e. The van der Waals surface area contributed by atoms with Crippen molar-refractivity contribution in [2.24, 2.45) is 5.73 Å². The van der Waals surface area contributed by atoms with Gasteiger partial charge in [-0.1, -0.05) is 0 Å². The molecule has 0 fully saturated rings. The number of carbonyl (C=O) groups is 2. The zero-order chi connectivity index (χ0) is 15.7. The molecule has 0 bridgehead atoms. The molecule has 7 heteroatoms. The second kappa shape index (κ2) is 5.76. The third-order valence-electron chi connectivity index (χ3n) is 3.50. The number of halogens is 1. The number of fused-ring (bicyclic) bond motifs is 1. The van der Waals surface area contributed by atoms with Crippen molar-refractivity contribution in [1.29, 1.82) is 0 Å². The van der Waals surface area contributed by atoms with E-state index in [-0.39, 0.29) is 5.82 Å². The maximum absolute atomic E-state index is 12.8. The van der Waals surface area contributed by atoms with Gasteiger partial charge in [0.2, 0.25) is 0 Å². The number of aryl methyl sites for hydroxylation is 1. The molecule has 0 saturated heterocycles. The standard InChI is InChI=1S/C15H14FN3O2S/c16-8-4-6-9(7-5-8)18-15(21)19-14-12(13(17)20)10-2-1-3-11(10)22-14/h4-7H,1-3H2,(H2,17,20)(H2,18,19,21). The Morgan fingerprint density at radius 2 is 1.86 bits per heavy atom. The summed E-state index contributed by atoms with van der Waals surface area (Å²) in [5.74, 6) is -0.909. The fourth-order valence-corrected chi connectivity index (χ4v) is 3.84. The molecular weight excluding hydrogens is 305 g/mol. The quantitative estimate of drug-likeness (QED) is 0.812. The van der Waals surface area contributed by atoms with Gasteiger partial charge < -0.3 is 11.1 Å². The van der Waals surface area contributed by atoms with Gasteiger partial charge in [0.25, 0.3) is 5.91 Å². The first-order chi connectivity index (χ1) is 10.5. The van der Waals surface area contributed by atoms with E-state index in [1.807, 2.05) is 0 Å². The normalized spacial score (nSPS) is 12.8. The summed E-state index contributed by atoms with van der Waals surface area (Å²) in [6, 6.07) is 4.93. The van der Waals surface area contributed by atoms with Gasteiger partial charge in [-0.25, -0.2) is 9.18 Å². The van der Waals surface area contributed by atoms with Crippen LogP contribution in [0.25, 0.3) is 0 Å². The molecule has 1 aliphatic carbocycles. The van der Waals surface area contributed by atoms with Gasteiger partial charge in [0.1, 0.15) is 10.8 Å². The number of hydrogen-bond acceptors (Lipinski definition) is 3. The monoisotopic (exact) mass is 319 g/mol. The van der Waals surface area contributed by atoms with E-state index in [4.69, 9.17) is 5.73 Å². The van der Waals surface area contributed by atoms with E-state index in [2.05, 4.69) is 10.6 Å². The first-order valence-corrected chi connectivity index (χ1v) is 7.64. The van der Waals surface area contributed by atoms with Crippen molar-refractivity contribution < 1.29 is 14.0 Å². The summed E-state index contributed by atoms with van der Waals surface area (Å²) in [6.45, 7) is 0. The molecule has 4 N–H and O–H groups in total. The van der Waals surface area contributed by atoms with Crippen molar-refractivity contribution in [3.63, 3.8) is 0 Å². The second-order valence-electron chi connectivity index (χ2n) is 5.01. The third-order valence-corrected chi connectivity index (χ3v) is 4.70. The highest BCUT2D eigenvalue weighted by atomic mass is 32.1. The number of thiophene rings is 1. The number of nitrogens with one attached hydrogen (secondary N) is 2. The molecule has 0 aliphatic heterocycles. The summed E-state index contributed by atoms with van der Waals surface area (Å²) >= 11 is 1.39. The molecule has 22 heavy (non-hydrogen) atoms. The largest absolute Gasteiger partial charge is 0.365 e. The Hall–Kier alpha value is -2.41. The van der Waals surface area contributed by atoms with Crippen LogP contribution in [0.2, 0.25) is 0 Å². The van der Waals surface area contributed by atoms with Crippen LogP contribution in [0.3, 0.4) is 0 Å². The highest BCUT2D eigenvalue weighted by Crippen LogP contribution is 2.38. The lowest BCUT2D eigenvalue weighted by Crippen LogP contribution is -2.21. The second-order valence-corrected chi connectivity index (χ2v) is 6.12. The van der Waals surface area contributed by atoms with Crippen LogP contribution < -0.4 is 16.4 Å². The fraction of sp³-hybridized carbons (Fsp3) is 0.200. The molecule has 2 aromatic rings. The lowest BCUT2D eigenvalue weighted by atomic mass is 10.1. The summed E-state index contributed by atoms with van der Waals surface area (Å²) in [6.07, 6.45) is 2.72. The van der Waals surface area contributed by atoms with Crippen LogP contribution in [0.5, 0.6) is 0 Å². The van der Waals surface area contributed by atoms with Crippen LogP contribution in [0.1, 0.15) is 27.2 Å². The van der Waals surface area contributed by atoms with Crippen molar-refractivity contribution >= 4 is 34.0 Å². The number of anilines is 2. The van der Waals surface area contributed by atoms with Crippen LogP contribution in [0.4, 0.5) is 19.9 Å². The molecule has 0 radical (unpaired) electrons. The van der Waals surface area contributed by atoms with E-state index >= 15 is 0 Å². The molecule has 114 valence electrons. The lowest BCUT2D eigenvalue weighted by molar-refractivity contribution is 0.100. The topological polar surface area (TPSA) is 84.2 Å². The molecular formula is C15H14FN3O2S. The Morgan fingerprint density at radius 3 is 2.55 bits per heavy atom. The number of urea groups is 1. The molecule has 1 aromatic heterocycles. The number of hydrogen-bond donors (Lipinski definition) is 3. The van der Waals surface area contributed by atoms with Gasteiger partial charge in [0, 0.05) is 10.6 Å². The van der Waals surface area contributed by atoms with E-state index in [9.17, 15) is 14.0 Å². The zero-order valence-corrected chi connectivity index (χ0v) is 12.4. The average molecular weight is 319 g/mol. The molecule has 3 rings (SSSR count). The predicted molar refractivity (Wildman–Crippen MR) is 83.9 cm³/mol. The minimum atomic E-state index is -0.531. The van der Waals surface area contributed by atoms with Crippen LogP contribution in [-0.4, -0.2) is 11.9 Å². The van der Waals surface area contributed by atoms with Gasteiger partial charge in [-0.05, 0) is 49.1 Å². The molecule has 0 saturated carbocycles. The van der Waals surface area contributed by atoms with E-state index in [0.29, 0.717) is 16.3 Å². The van der Waals surface area contributed by atoms with Crippen molar-refractivity contribution in [3.05, 3.63) is 46.1 Å². The number of nitrogens with two attached hydrogens (primary N) is 1. The highest BCUT2D eigenvalue weighted by Gasteiger charge is 2.26. The van der Waals surface area contributed by atoms with Crippen molar-refractivity contribution in [1.82, 2.24) is 0 Å². The van der Waals surface area contributed by atoms with E-state index < -0.39 is 11.9 Å². The van der Waals surface area contributed by atoms with Gasteiger partial charge in [0.05, 0.1) is 5.56 Å². The number of benzene rings is 1. The molecule has 0 unspecified atom stereocenters. The fourth-order valence-electron chi connectivity index (χ4n) is 2.55. The molecule has 5 nitrogen and oxygen atoms in total. The van der Waals surface area contributed by atoms with E-state index in [1.165, 1.54) is 35.6 Å². The first kappa shape index (κ1) is 14.5. The van der Waals surface area contributed by atoms with E-state index in [1.54, 1.807) is 0 Å². The van der Waals surface area contributed by atoms with Gasteiger partial charge in [-0.3, -0.25) is 10.1 Å². The molecule has 1 aliphatic rings.